The molecule has 4 nitrogen and oxygen atoms in total. The fourth-order valence-corrected chi connectivity index (χ4v) is 4.15. The van der Waals surface area contributed by atoms with Gasteiger partial charge in [0.1, 0.15) is 0 Å². The van der Waals surface area contributed by atoms with Gasteiger partial charge < -0.3 is 15.5 Å². The molecule has 3 aromatic rings. The van der Waals surface area contributed by atoms with Gasteiger partial charge in [0.15, 0.2) is 17.2 Å². The molecule has 166 valence electrons. The lowest BCUT2D eigenvalue weighted by molar-refractivity contribution is -0.256. The summed E-state index contributed by atoms with van der Waals surface area (Å²) in [7, 11) is 0. The van der Waals surface area contributed by atoms with Gasteiger partial charge in [-0.05, 0) is 54.6 Å². The molecule has 0 spiro atoms. The van der Waals surface area contributed by atoms with E-state index in [0.717, 1.165) is 35.7 Å². The molecule has 3 N–H and O–H groups in total. The number of phenols is 1. The van der Waals surface area contributed by atoms with Crippen molar-refractivity contribution in [2.75, 3.05) is 16.8 Å². The summed E-state index contributed by atoms with van der Waals surface area (Å²) in [5.74, 6) is -2.07. The van der Waals surface area contributed by atoms with Gasteiger partial charge in [-0.1, -0.05) is 19.1 Å². The Bertz CT molecular complexity index is 1080. The molecule has 0 aliphatic carbocycles. The second kappa shape index (κ2) is 8.92. The lowest BCUT2D eigenvalue weighted by Crippen LogP contribution is -2.54. The molecular formula is C22H22F4N2O2S. The van der Waals surface area contributed by atoms with Crippen LogP contribution in [-0.2, 0) is 0 Å². The Morgan fingerprint density at radius 1 is 1.13 bits per heavy atom. The van der Waals surface area contributed by atoms with Crippen LogP contribution in [0.4, 0.5) is 23.2 Å². The number of nitrogens with zero attached hydrogens (tertiary/aromatic N) is 1. The van der Waals surface area contributed by atoms with E-state index < -0.39 is 35.1 Å². The van der Waals surface area contributed by atoms with Crippen LogP contribution in [0, 0.1) is 12.7 Å². The summed E-state index contributed by atoms with van der Waals surface area (Å²) in [5, 5.41) is 23.8. The van der Waals surface area contributed by atoms with Crippen LogP contribution in [0.2, 0.25) is 0 Å². The number of alkyl halides is 3. The summed E-state index contributed by atoms with van der Waals surface area (Å²) in [6, 6.07) is 9.58. The molecule has 0 saturated carbocycles. The molecule has 2 unspecified atom stereocenters. The third kappa shape index (κ3) is 4.72. The molecule has 0 aliphatic rings. The highest BCUT2D eigenvalue weighted by Crippen LogP contribution is 2.45. The maximum atomic E-state index is 14.2. The first-order chi connectivity index (χ1) is 14.6. The average Bonchev–Trinajstić information content (AvgIpc) is 2.71. The fraction of sp³-hybridized carbons (Fsp3) is 0.318. The van der Waals surface area contributed by atoms with Gasteiger partial charge >= 0.3 is 6.18 Å². The summed E-state index contributed by atoms with van der Waals surface area (Å²) >= 11 is 0.923. The van der Waals surface area contributed by atoms with Crippen LogP contribution >= 0.6 is 11.8 Å². The second-order valence-electron chi connectivity index (χ2n) is 7.17. The highest BCUT2D eigenvalue weighted by atomic mass is 32.2. The molecule has 1 heterocycles. The maximum absolute atomic E-state index is 14.2. The number of rotatable bonds is 7. The predicted octanol–water partition coefficient (Wildman–Crippen LogP) is 5.59. The first kappa shape index (κ1) is 23.1. The van der Waals surface area contributed by atoms with E-state index in [2.05, 4.69) is 10.3 Å². The Hall–Kier alpha value is -2.52. The van der Waals surface area contributed by atoms with Crippen LogP contribution in [0.5, 0.6) is 5.75 Å². The van der Waals surface area contributed by atoms with Gasteiger partial charge in [-0.15, -0.1) is 0 Å². The van der Waals surface area contributed by atoms with Gasteiger partial charge in [-0.2, -0.15) is 24.9 Å². The summed E-state index contributed by atoms with van der Waals surface area (Å²) in [4.78, 5) is 4.38. The first-order valence-corrected chi connectivity index (χ1v) is 10.7. The predicted molar refractivity (Wildman–Crippen MR) is 115 cm³/mol. The Kier molecular flexibility index (Phi) is 6.66. The molecule has 0 saturated heterocycles. The van der Waals surface area contributed by atoms with Gasteiger partial charge in [0.25, 0.3) is 0 Å². The summed E-state index contributed by atoms with van der Waals surface area (Å²) in [6.45, 7) is 3.48. The molecular weight excluding hydrogens is 432 g/mol. The number of hydrogen-bond donors (Lipinski definition) is 3. The number of benzene rings is 2. The van der Waals surface area contributed by atoms with Gasteiger partial charge in [-0.3, -0.25) is 4.98 Å². The molecule has 2 aromatic carbocycles. The highest BCUT2D eigenvalue weighted by Gasteiger charge is 2.59. The minimum atomic E-state index is -5.01. The molecule has 0 aliphatic heterocycles. The monoisotopic (exact) mass is 454 g/mol. The topological polar surface area (TPSA) is 65.4 Å². The Morgan fingerprint density at radius 3 is 2.52 bits per heavy atom. The molecule has 31 heavy (non-hydrogen) atoms. The normalized spacial score (nSPS) is 14.9. The number of thioether (sulfide) groups is 1. The third-order valence-corrected chi connectivity index (χ3v) is 6.02. The number of aryl methyl sites for hydroxylation is 1. The van der Waals surface area contributed by atoms with Crippen LogP contribution in [-0.4, -0.2) is 38.5 Å². The van der Waals surface area contributed by atoms with Crippen LogP contribution < -0.4 is 5.32 Å². The molecule has 0 bridgehead atoms. The molecule has 0 amide bonds. The molecule has 1 aromatic heterocycles. The van der Waals surface area contributed by atoms with Crippen molar-refractivity contribution in [1.82, 2.24) is 4.98 Å². The SMILES string of the molecule is CCSCC(O)(C(Nc1cccc2nc(C)ccc12)c1ccc(O)c(F)c1)C(F)(F)F. The first-order valence-electron chi connectivity index (χ1n) is 9.55. The number of halogens is 4. The Balaban J connectivity index is 2.17. The number of nitrogens with one attached hydrogen (secondary N) is 1. The van der Waals surface area contributed by atoms with Gasteiger partial charge in [0.2, 0.25) is 0 Å². The molecule has 3 rings (SSSR count). The van der Waals surface area contributed by atoms with E-state index in [4.69, 9.17) is 0 Å². The number of fused-ring (bicyclic) bond motifs is 1. The van der Waals surface area contributed by atoms with Crippen LogP contribution in [0.15, 0.2) is 48.5 Å². The highest BCUT2D eigenvalue weighted by molar-refractivity contribution is 7.99. The minimum Gasteiger partial charge on any atom is -0.505 e. The average molecular weight is 454 g/mol. The second-order valence-corrected chi connectivity index (χ2v) is 8.45. The van der Waals surface area contributed by atoms with Crippen molar-refractivity contribution < 1.29 is 27.8 Å². The van der Waals surface area contributed by atoms with E-state index >= 15 is 0 Å². The largest absolute Gasteiger partial charge is 0.505 e. The summed E-state index contributed by atoms with van der Waals surface area (Å²) < 4.78 is 56.5. The van der Waals surface area contributed by atoms with Crippen molar-refractivity contribution in [2.24, 2.45) is 0 Å². The third-order valence-electron chi connectivity index (χ3n) is 4.97. The summed E-state index contributed by atoms with van der Waals surface area (Å²) in [5.41, 5.74) is -1.74. The number of aromatic hydroxyl groups is 1. The quantitative estimate of drug-likeness (QED) is 0.407. The van der Waals surface area contributed by atoms with Crippen LogP contribution in [0.25, 0.3) is 10.9 Å². The van der Waals surface area contributed by atoms with Gasteiger partial charge in [0.05, 0.1) is 11.6 Å². The zero-order valence-corrected chi connectivity index (χ0v) is 17.7. The smallest absolute Gasteiger partial charge is 0.420 e. The van der Waals surface area contributed by atoms with E-state index in [-0.39, 0.29) is 5.56 Å². The maximum Gasteiger partial charge on any atom is 0.420 e. The minimum absolute atomic E-state index is 0.149. The van der Waals surface area contributed by atoms with Gasteiger partial charge in [-0.25, -0.2) is 4.39 Å². The lowest BCUT2D eigenvalue weighted by atomic mass is 9.88. The van der Waals surface area contributed by atoms with E-state index in [9.17, 15) is 27.8 Å². The van der Waals surface area contributed by atoms with Crippen molar-refractivity contribution in [2.45, 2.75) is 31.7 Å². The van der Waals surface area contributed by atoms with Gasteiger partial charge in [0, 0.05) is 22.5 Å². The number of anilines is 1. The zero-order valence-electron chi connectivity index (χ0n) is 16.9. The molecule has 0 fully saturated rings. The van der Waals surface area contributed by atoms with Crippen molar-refractivity contribution in [3.63, 3.8) is 0 Å². The molecule has 0 radical (unpaired) electrons. The zero-order chi connectivity index (χ0) is 22.8. The number of pyridine rings is 1. The summed E-state index contributed by atoms with van der Waals surface area (Å²) in [6.07, 6.45) is -5.01. The van der Waals surface area contributed by atoms with E-state index in [1.165, 1.54) is 0 Å². The number of phenolic OH excluding ortho intramolecular Hbond substituents is 1. The fourth-order valence-electron chi connectivity index (χ4n) is 3.31. The molecule has 2 atom stereocenters. The van der Waals surface area contributed by atoms with E-state index in [1.807, 2.05) is 0 Å². The van der Waals surface area contributed by atoms with Crippen LogP contribution in [0.1, 0.15) is 24.2 Å². The Labute approximate surface area is 181 Å². The van der Waals surface area contributed by atoms with Crippen molar-refractivity contribution in [3.8, 4) is 5.75 Å². The number of hydrogen-bond acceptors (Lipinski definition) is 5. The molecule has 9 heteroatoms. The number of aromatic nitrogens is 1. The number of aliphatic hydroxyl groups is 1. The van der Waals surface area contributed by atoms with E-state index in [0.29, 0.717) is 22.3 Å². The Morgan fingerprint density at radius 2 is 1.87 bits per heavy atom. The van der Waals surface area contributed by atoms with E-state index in [1.54, 1.807) is 44.2 Å². The van der Waals surface area contributed by atoms with Crippen molar-refractivity contribution >= 4 is 28.4 Å². The lowest BCUT2D eigenvalue weighted by Gasteiger charge is -2.39. The van der Waals surface area contributed by atoms with Crippen molar-refractivity contribution in [3.05, 3.63) is 65.6 Å². The van der Waals surface area contributed by atoms with Crippen molar-refractivity contribution in [1.29, 1.82) is 0 Å². The standard InChI is InChI=1S/C22H22F4N2O2S/c1-3-31-12-21(30,22(24,25)26)20(14-8-10-19(29)16(23)11-14)28-18-6-4-5-17-15(18)9-7-13(2)27-17/h4-11,20,28-30H,3,12H2,1-2H3. The van der Waals surface area contributed by atoms with Crippen LogP contribution in [0.3, 0.4) is 0 Å².